The fourth-order valence-corrected chi connectivity index (χ4v) is 2.84. The zero-order valence-corrected chi connectivity index (χ0v) is 13.3. The number of hydrogen-bond donors (Lipinski definition) is 1. The number of ether oxygens (including phenoxy) is 1. The number of fused-ring (bicyclic) bond motifs is 1. The maximum atomic E-state index is 11.3. The van der Waals surface area contributed by atoms with Crippen molar-refractivity contribution in [2.45, 2.75) is 6.92 Å². The summed E-state index contributed by atoms with van der Waals surface area (Å²) in [6.07, 6.45) is 4.70. The van der Waals surface area contributed by atoms with Gasteiger partial charge >= 0.3 is 5.97 Å². The number of aromatic nitrogens is 2. The average Bonchev–Trinajstić information content (AvgIpc) is 3.04. The first kappa shape index (κ1) is 15.2. The Balaban J connectivity index is 1.73. The fourth-order valence-electron chi connectivity index (χ4n) is 2.05. The van der Waals surface area contributed by atoms with Gasteiger partial charge in [0.25, 0.3) is 0 Å². The Morgan fingerprint density at radius 3 is 2.87 bits per heavy atom. The molecule has 0 saturated heterocycles. The van der Waals surface area contributed by atoms with Crippen molar-refractivity contribution in [1.82, 2.24) is 9.97 Å². The van der Waals surface area contributed by atoms with Crippen LogP contribution in [0.25, 0.3) is 16.3 Å². The number of carbonyl (C=O) groups is 1. The lowest BCUT2D eigenvalue weighted by atomic mass is 10.2. The predicted octanol–water partition coefficient (Wildman–Crippen LogP) is 4.01. The summed E-state index contributed by atoms with van der Waals surface area (Å²) in [5, 5.41) is 5.28. The minimum Gasteiger partial charge on any atom is -0.463 e. The largest absolute Gasteiger partial charge is 0.463 e. The van der Waals surface area contributed by atoms with Gasteiger partial charge in [-0.05, 0) is 42.1 Å². The van der Waals surface area contributed by atoms with E-state index in [4.69, 9.17) is 4.74 Å². The first-order valence-corrected chi connectivity index (χ1v) is 8.04. The van der Waals surface area contributed by atoms with Gasteiger partial charge in [0.2, 0.25) is 0 Å². The smallest absolute Gasteiger partial charge is 0.330 e. The third-order valence-electron chi connectivity index (χ3n) is 3.12. The minimum absolute atomic E-state index is 0.337. The Hall–Kier alpha value is -2.73. The molecule has 0 aliphatic heterocycles. The molecule has 23 heavy (non-hydrogen) atoms. The van der Waals surface area contributed by atoms with Crippen LogP contribution >= 0.6 is 11.3 Å². The van der Waals surface area contributed by atoms with Gasteiger partial charge in [-0.2, -0.15) is 0 Å². The molecule has 6 heteroatoms. The molecule has 0 saturated carbocycles. The number of hydrogen-bond acceptors (Lipinski definition) is 6. The molecule has 1 N–H and O–H groups in total. The van der Waals surface area contributed by atoms with Gasteiger partial charge in [0.15, 0.2) is 5.82 Å². The molecule has 0 bridgehead atoms. The van der Waals surface area contributed by atoms with Crippen molar-refractivity contribution in [3.8, 4) is 0 Å². The molecule has 0 unspecified atom stereocenters. The Labute approximate surface area is 137 Å². The molecule has 3 aromatic rings. The number of benzene rings is 1. The van der Waals surface area contributed by atoms with Gasteiger partial charge in [-0.3, -0.25) is 0 Å². The van der Waals surface area contributed by atoms with Crippen LogP contribution in [0, 0.1) is 0 Å². The third kappa shape index (κ3) is 3.73. The first-order valence-electron chi connectivity index (χ1n) is 7.16. The highest BCUT2D eigenvalue weighted by Gasteiger charge is 2.05. The summed E-state index contributed by atoms with van der Waals surface area (Å²) < 4.78 is 5.88. The Morgan fingerprint density at radius 2 is 2.09 bits per heavy atom. The van der Waals surface area contributed by atoms with E-state index in [0.717, 1.165) is 27.3 Å². The molecule has 0 atom stereocenters. The number of anilines is 2. The average molecular weight is 325 g/mol. The molecule has 2 heterocycles. The molecule has 0 aliphatic rings. The van der Waals surface area contributed by atoms with E-state index in [1.165, 1.54) is 6.08 Å². The van der Waals surface area contributed by atoms with E-state index in [1.807, 2.05) is 35.7 Å². The van der Waals surface area contributed by atoms with Crippen molar-refractivity contribution in [1.29, 1.82) is 0 Å². The number of nitrogens with one attached hydrogen (secondary N) is 1. The maximum Gasteiger partial charge on any atom is 0.330 e. The molecule has 116 valence electrons. The molecule has 3 rings (SSSR count). The van der Waals surface area contributed by atoms with Crippen LogP contribution in [0.3, 0.4) is 0 Å². The Kier molecular flexibility index (Phi) is 4.63. The molecule has 0 radical (unpaired) electrons. The summed E-state index contributed by atoms with van der Waals surface area (Å²) in [6.45, 7) is 2.16. The molecule has 0 fully saturated rings. The second-order valence-corrected chi connectivity index (χ2v) is 5.61. The lowest BCUT2D eigenvalue weighted by Gasteiger charge is -2.06. The molecular formula is C17H15N3O2S. The highest BCUT2D eigenvalue weighted by Crippen LogP contribution is 2.27. The van der Waals surface area contributed by atoms with Gasteiger partial charge < -0.3 is 10.1 Å². The lowest BCUT2D eigenvalue weighted by molar-refractivity contribution is -0.137. The van der Waals surface area contributed by atoms with Crippen molar-refractivity contribution in [2.24, 2.45) is 0 Å². The van der Waals surface area contributed by atoms with Gasteiger partial charge in [-0.25, -0.2) is 14.8 Å². The highest BCUT2D eigenvalue weighted by molar-refractivity contribution is 7.17. The van der Waals surface area contributed by atoms with Gasteiger partial charge in [-0.15, -0.1) is 11.3 Å². The van der Waals surface area contributed by atoms with E-state index < -0.39 is 0 Å². The van der Waals surface area contributed by atoms with Crippen LogP contribution in [-0.2, 0) is 9.53 Å². The molecule has 0 amide bonds. The summed E-state index contributed by atoms with van der Waals surface area (Å²) in [7, 11) is 0. The van der Waals surface area contributed by atoms with Crippen LogP contribution in [0.2, 0.25) is 0 Å². The van der Waals surface area contributed by atoms with E-state index in [2.05, 4.69) is 15.3 Å². The van der Waals surface area contributed by atoms with Gasteiger partial charge in [-0.1, -0.05) is 12.1 Å². The second kappa shape index (κ2) is 7.02. The molecule has 1 aromatic carbocycles. The summed E-state index contributed by atoms with van der Waals surface area (Å²) in [5.74, 6) is 0.454. The fraction of sp³-hybridized carbons (Fsp3) is 0.118. The SMILES string of the molecule is CCOC(=O)/C=C/c1ccc(Nc2ncnc3ccsc23)cc1. The van der Waals surface area contributed by atoms with Crippen LogP contribution in [0.5, 0.6) is 0 Å². The number of rotatable bonds is 5. The van der Waals surface area contributed by atoms with E-state index >= 15 is 0 Å². The van der Waals surface area contributed by atoms with Gasteiger partial charge in [0, 0.05) is 11.8 Å². The first-order chi connectivity index (χ1) is 11.3. The molecular weight excluding hydrogens is 310 g/mol. The van der Waals surface area contributed by atoms with E-state index in [9.17, 15) is 4.79 Å². The van der Waals surface area contributed by atoms with Crippen molar-refractivity contribution in [2.75, 3.05) is 11.9 Å². The van der Waals surface area contributed by atoms with Crippen molar-refractivity contribution in [3.63, 3.8) is 0 Å². The maximum absolute atomic E-state index is 11.3. The molecule has 0 spiro atoms. The van der Waals surface area contributed by atoms with Crippen LogP contribution in [-0.4, -0.2) is 22.5 Å². The van der Waals surface area contributed by atoms with Crippen molar-refractivity contribution < 1.29 is 9.53 Å². The van der Waals surface area contributed by atoms with Gasteiger partial charge in [0.1, 0.15) is 6.33 Å². The number of esters is 1. The number of nitrogens with zero attached hydrogens (tertiary/aromatic N) is 2. The Morgan fingerprint density at radius 1 is 1.26 bits per heavy atom. The third-order valence-corrected chi connectivity index (χ3v) is 4.03. The topological polar surface area (TPSA) is 64.1 Å². The second-order valence-electron chi connectivity index (χ2n) is 4.69. The number of carbonyl (C=O) groups excluding carboxylic acids is 1. The molecule has 2 aromatic heterocycles. The lowest BCUT2D eigenvalue weighted by Crippen LogP contribution is -1.98. The van der Waals surface area contributed by atoms with E-state index in [-0.39, 0.29) is 5.97 Å². The standard InChI is InChI=1S/C17H15N3O2S/c1-2-22-15(21)8-5-12-3-6-13(7-4-12)20-17-16-14(9-10-23-16)18-11-19-17/h3-11H,2H2,1H3,(H,18,19,20)/b8-5+. The normalized spacial score (nSPS) is 11.0. The van der Waals surface area contributed by atoms with Crippen molar-refractivity contribution >= 4 is 45.1 Å². The van der Waals surface area contributed by atoms with Gasteiger partial charge in [0.05, 0.1) is 16.8 Å². The zero-order chi connectivity index (χ0) is 16.1. The van der Waals surface area contributed by atoms with Crippen LogP contribution in [0.4, 0.5) is 11.5 Å². The van der Waals surface area contributed by atoms with E-state index in [0.29, 0.717) is 6.61 Å². The van der Waals surface area contributed by atoms with E-state index in [1.54, 1.807) is 30.7 Å². The quantitative estimate of drug-likeness (QED) is 0.567. The predicted molar refractivity (Wildman–Crippen MR) is 92.8 cm³/mol. The molecule has 5 nitrogen and oxygen atoms in total. The zero-order valence-electron chi connectivity index (χ0n) is 12.5. The summed E-state index contributed by atoms with van der Waals surface area (Å²) >= 11 is 1.60. The molecule has 0 aliphatic carbocycles. The Bertz CT molecular complexity index is 840. The van der Waals surface area contributed by atoms with Crippen molar-refractivity contribution in [3.05, 3.63) is 53.7 Å². The number of thiophene rings is 1. The summed E-state index contributed by atoms with van der Waals surface area (Å²) in [4.78, 5) is 19.8. The van der Waals surface area contributed by atoms with Crippen LogP contribution in [0.1, 0.15) is 12.5 Å². The minimum atomic E-state index is -0.337. The highest BCUT2D eigenvalue weighted by atomic mass is 32.1. The van der Waals surface area contributed by atoms with Crippen LogP contribution < -0.4 is 5.32 Å². The monoisotopic (exact) mass is 325 g/mol. The van der Waals surface area contributed by atoms with Crippen LogP contribution in [0.15, 0.2) is 48.1 Å². The summed E-state index contributed by atoms with van der Waals surface area (Å²) in [6, 6.07) is 9.69. The summed E-state index contributed by atoms with van der Waals surface area (Å²) in [5.41, 5.74) is 2.78.